The molecule has 0 spiro atoms. The Hall–Kier alpha value is -2.95. The molecule has 27 heavy (non-hydrogen) atoms. The average Bonchev–Trinajstić information content (AvgIpc) is 2.69. The van der Waals surface area contributed by atoms with E-state index in [0.717, 1.165) is 11.1 Å². The van der Waals surface area contributed by atoms with Gasteiger partial charge in [0, 0.05) is 25.7 Å². The molecule has 1 aliphatic rings. The predicted octanol–water partition coefficient (Wildman–Crippen LogP) is 3.78. The highest BCUT2D eigenvalue weighted by atomic mass is 16.6. The quantitative estimate of drug-likeness (QED) is 0.753. The summed E-state index contributed by atoms with van der Waals surface area (Å²) in [5, 5.41) is 0. The van der Waals surface area contributed by atoms with Gasteiger partial charge in [-0.1, -0.05) is 48.5 Å². The molecule has 0 amide bonds. The second kappa shape index (κ2) is 8.16. The molecule has 0 unspecified atom stereocenters. The Morgan fingerprint density at radius 3 is 2.26 bits per heavy atom. The van der Waals surface area contributed by atoms with Crippen molar-refractivity contribution >= 4 is 17.7 Å². The van der Waals surface area contributed by atoms with Crippen LogP contribution in [0.2, 0.25) is 0 Å². The number of ether oxygens (including phenoxy) is 2. The summed E-state index contributed by atoms with van der Waals surface area (Å²) in [4.78, 5) is 37.2. The van der Waals surface area contributed by atoms with E-state index < -0.39 is 17.5 Å². The minimum atomic E-state index is -1.41. The fourth-order valence-corrected chi connectivity index (χ4v) is 3.17. The third-order valence-corrected chi connectivity index (χ3v) is 4.85. The molecule has 1 aliphatic carbocycles. The average molecular weight is 366 g/mol. The van der Waals surface area contributed by atoms with Gasteiger partial charge in [0.1, 0.15) is 12.4 Å². The third kappa shape index (κ3) is 4.42. The summed E-state index contributed by atoms with van der Waals surface area (Å²) >= 11 is 0. The zero-order chi connectivity index (χ0) is 19.3. The van der Waals surface area contributed by atoms with Gasteiger partial charge >= 0.3 is 11.9 Å². The minimum absolute atomic E-state index is 0.0634. The van der Waals surface area contributed by atoms with E-state index in [1.807, 2.05) is 36.4 Å². The zero-order valence-electron chi connectivity index (χ0n) is 15.3. The summed E-state index contributed by atoms with van der Waals surface area (Å²) in [6.45, 7) is 1.90. The molecule has 0 atom stereocenters. The molecule has 0 N–H and O–H groups in total. The lowest BCUT2D eigenvalue weighted by Gasteiger charge is -2.34. The highest BCUT2D eigenvalue weighted by Gasteiger charge is 2.47. The van der Waals surface area contributed by atoms with Gasteiger partial charge in [0.2, 0.25) is 5.60 Å². The topological polar surface area (TPSA) is 69.7 Å². The minimum Gasteiger partial charge on any atom is -0.458 e. The molecular weight excluding hydrogens is 344 g/mol. The molecule has 140 valence electrons. The number of ketones is 1. The Morgan fingerprint density at radius 1 is 0.963 bits per heavy atom. The number of aryl methyl sites for hydroxylation is 1. The van der Waals surface area contributed by atoms with Crippen molar-refractivity contribution < 1.29 is 23.9 Å². The lowest BCUT2D eigenvalue weighted by Crippen LogP contribution is -2.47. The van der Waals surface area contributed by atoms with Crippen LogP contribution in [0.3, 0.4) is 0 Å². The van der Waals surface area contributed by atoms with Crippen molar-refractivity contribution in [1.29, 1.82) is 0 Å². The maximum atomic E-state index is 12.8. The lowest BCUT2D eigenvalue weighted by molar-refractivity contribution is -0.171. The summed E-state index contributed by atoms with van der Waals surface area (Å²) in [5.41, 5.74) is 0.604. The van der Waals surface area contributed by atoms with Crippen molar-refractivity contribution in [2.24, 2.45) is 0 Å². The van der Waals surface area contributed by atoms with Gasteiger partial charge in [-0.3, -0.25) is 4.79 Å². The Morgan fingerprint density at radius 2 is 1.59 bits per heavy atom. The second-order valence-corrected chi connectivity index (χ2v) is 6.80. The Balaban J connectivity index is 1.77. The molecule has 0 heterocycles. The van der Waals surface area contributed by atoms with E-state index in [9.17, 15) is 14.4 Å². The number of rotatable bonds is 5. The predicted molar refractivity (Wildman–Crippen MR) is 99.0 cm³/mol. The van der Waals surface area contributed by atoms with E-state index in [1.54, 1.807) is 25.1 Å². The Bertz CT molecular complexity index is 831. The maximum Gasteiger partial charge on any atom is 0.350 e. The first kappa shape index (κ1) is 18.8. The van der Waals surface area contributed by atoms with E-state index >= 15 is 0 Å². The highest BCUT2D eigenvalue weighted by molar-refractivity contribution is 5.95. The molecule has 0 saturated heterocycles. The fraction of sp³-hybridized carbons (Fsp3) is 0.318. The molecule has 5 nitrogen and oxygen atoms in total. The van der Waals surface area contributed by atoms with Crippen LogP contribution in [0.4, 0.5) is 0 Å². The first-order chi connectivity index (χ1) is 13.0. The van der Waals surface area contributed by atoms with Crippen LogP contribution in [0.15, 0.2) is 54.6 Å². The van der Waals surface area contributed by atoms with Crippen molar-refractivity contribution in [2.75, 3.05) is 0 Å². The summed E-state index contributed by atoms with van der Waals surface area (Å²) in [6.07, 6.45) is 0.692. The van der Waals surface area contributed by atoms with Crippen LogP contribution in [0.1, 0.15) is 47.2 Å². The largest absolute Gasteiger partial charge is 0.458 e. The number of benzene rings is 2. The van der Waals surface area contributed by atoms with Crippen molar-refractivity contribution in [2.45, 2.75) is 44.8 Å². The van der Waals surface area contributed by atoms with Gasteiger partial charge < -0.3 is 9.47 Å². The SMILES string of the molecule is Cc1ccccc1C(=O)OC1(C(=O)OCc2ccccc2)CCC(=O)CC1. The van der Waals surface area contributed by atoms with Crippen molar-refractivity contribution in [3.8, 4) is 0 Å². The van der Waals surface area contributed by atoms with Crippen LogP contribution in [-0.2, 0) is 25.7 Å². The van der Waals surface area contributed by atoms with Gasteiger partial charge in [0.15, 0.2) is 0 Å². The number of hydrogen-bond donors (Lipinski definition) is 0. The van der Waals surface area contributed by atoms with E-state index in [0.29, 0.717) is 5.56 Å². The van der Waals surface area contributed by atoms with Crippen LogP contribution in [-0.4, -0.2) is 23.3 Å². The fourth-order valence-electron chi connectivity index (χ4n) is 3.17. The standard InChI is InChI=1S/C22H22O5/c1-16-7-5-6-10-19(16)20(24)27-22(13-11-18(23)12-14-22)21(25)26-15-17-8-3-2-4-9-17/h2-10H,11-15H2,1H3. The molecule has 2 aromatic rings. The first-order valence-electron chi connectivity index (χ1n) is 9.02. The first-order valence-corrected chi connectivity index (χ1v) is 9.02. The summed E-state index contributed by atoms with van der Waals surface area (Å²) < 4.78 is 11.1. The lowest BCUT2D eigenvalue weighted by atomic mass is 9.83. The van der Waals surface area contributed by atoms with Crippen molar-refractivity contribution in [1.82, 2.24) is 0 Å². The van der Waals surface area contributed by atoms with E-state index in [4.69, 9.17) is 9.47 Å². The maximum absolute atomic E-state index is 12.8. The highest BCUT2D eigenvalue weighted by Crippen LogP contribution is 2.33. The number of carbonyl (C=O) groups is 3. The zero-order valence-corrected chi connectivity index (χ0v) is 15.3. The van der Waals surface area contributed by atoms with Gasteiger partial charge in [0.05, 0.1) is 5.56 Å². The molecule has 0 aliphatic heterocycles. The summed E-state index contributed by atoms with van der Waals surface area (Å²) in [7, 11) is 0. The van der Waals surface area contributed by atoms with Gasteiger partial charge in [-0.25, -0.2) is 9.59 Å². The molecule has 5 heteroatoms. The Kier molecular flexibility index (Phi) is 5.69. The van der Waals surface area contributed by atoms with Gasteiger partial charge in [0.25, 0.3) is 0 Å². The molecule has 0 bridgehead atoms. The van der Waals surface area contributed by atoms with E-state index in [1.165, 1.54) is 0 Å². The summed E-state index contributed by atoms with van der Waals surface area (Å²) in [5.74, 6) is -1.10. The summed E-state index contributed by atoms with van der Waals surface area (Å²) in [6, 6.07) is 16.3. The van der Waals surface area contributed by atoms with E-state index in [2.05, 4.69) is 0 Å². The van der Waals surface area contributed by atoms with Crippen LogP contribution < -0.4 is 0 Å². The molecule has 0 radical (unpaired) electrons. The normalized spacial score (nSPS) is 15.8. The molecule has 1 saturated carbocycles. The molecule has 0 aromatic heterocycles. The monoisotopic (exact) mass is 366 g/mol. The smallest absolute Gasteiger partial charge is 0.350 e. The van der Waals surface area contributed by atoms with Gasteiger partial charge in [-0.05, 0) is 24.1 Å². The molecule has 1 fully saturated rings. The molecule has 2 aromatic carbocycles. The number of Topliss-reactive ketones (excluding diaryl/α,β-unsaturated/α-hetero) is 1. The van der Waals surface area contributed by atoms with Crippen LogP contribution >= 0.6 is 0 Å². The Labute approximate surface area is 158 Å². The van der Waals surface area contributed by atoms with Crippen LogP contribution in [0, 0.1) is 6.92 Å². The molecular formula is C22H22O5. The van der Waals surface area contributed by atoms with Gasteiger partial charge in [-0.15, -0.1) is 0 Å². The van der Waals surface area contributed by atoms with Crippen LogP contribution in [0.5, 0.6) is 0 Å². The number of hydrogen-bond acceptors (Lipinski definition) is 5. The van der Waals surface area contributed by atoms with Crippen LogP contribution in [0.25, 0.3) is 0 Å². The molecule has 3 rings (SSSR count). The van der Waals surface area contributed by atoms with Crippen molar-refractivity contribution in [3.63, 3.8) is 0 Å². The van der Waals surface area contributed by atoms with Crippen molar-refractivity contribution in [3.05, 3.63) is 71.3 Å². The second-order valence-electron chi connectivity index (χ2n) is 6.80. The van der Waals surface area contributed by atoms with Gasteiger partial charge in [-0.2, -0.15) is 0 Å². The number of esters is 2. The third-order valence-electron chi connectivity index (χ3n) is 4.85. The number of carbonyl (C=O) groups excluding carboxylic acids is 3. The van der Waals surface area contributed by atoms with E-state index in [-0.39, 0.29) is 38.1 Å².